The molecule has 0 bridgehead atoms. The Bertz CT molecular complexity index is 429. The van der Waals surface area contributed by atoms with Crippen LogP contribution >= 0.6 is 11.3 Å². The minimum absolute atomic E-state index is 0.168. The van der Waals surface area contributed by atoms with Gasteiger partial charge in [-0.05, 0) is 24.4 Å². The molecule has 104 valence electrons. The summed E-state index contributed by atoms with van der Waals surface area (Å²) in [7, 11) is 0. The van der Waals surface area contributed by atoms with E-state index in [1.165, 1.54) is 0 Å². The lowest BCUT2D eigenvalue weighted by molar-refractivity contribution is -0.0961. The highest BCUT2D eigenvalue weighted by molar-refractivity contribution is 7.08. The molecule has 0 aromatic carbocycles. The maximum Gasteiger partial charge on any atom is 0.254 e. The topological polar surface area (TPSA) is 32.8 Å². The summed E-state index contributed by atoms with van der Waals surface area (Å²) < 4.78 is 5.86. The van der Waals surface area contributed by atoms with Crippen molar-refractivity contribution in [1.29, 1.82) is 0 Å². The van der Waals surface area contributed by atoms with Crippen molar-refractivity contribution in [3.63, 3.8) is 0 Å². The first-order valence-corrected chi connectivity index (χ1v) is 7.91. The van der Waals surface area contributed by atoms with Crippen molar-refractivity contribution < 1.29 is 9.53 Å². The van der Waals surface area contributed by atoms with Crippen LogP contribution in [0.25, 0.3) is 0 Å². The van der Waals surface area contributed by atoms with E-state index in [4.69, 9.17) is 4.74 Å². The molecule has 4 nitrogen and oxygen atoms in total. The predicted octanol–water partition coefficient (Wildman–Crippen LogP) is 1.68. The lowest BCUT2D eigenvalue weighted by atomic mass is 9.98. The Kier molecular flexibility index (Phi) is 3.86. The first-order chi connectivity index (χ1) is 9.29. The highest BCUT2D eigenvalue weighted by Gasteiger charge is 2.37. The van der Waals surface area contributed by atoms with Gasteiger partial charge in [0.1, 0.15) is 0 Å². The Morgan fingerprint density at radius 2 is 2.42 bits per heavy atom. The standard InChI is InChI=1S/C14H20N2O2S/c1-2-15-6-7-18-13-3-5-16(9-12(13)15)14(17)11-4-8-19-10-11/h4,8,10,12-13H,2-3,5-7,9H2,1H3/t12-,13-/m0/s1. The van der Waals surface area contributed by atoms with Crippen LogP contribution < -0.4 is 0 Å². The fraction of sp³-hybridized carbons (Fsp3) is 0.643. The number of likely N-dealkylation sites (tertiary alicyclic amines) is 1. The van der Waals surface area contributed by atoms with Crippen LogP contribution in [0.15, 0.2) is 16.8 Å². The molecule has 0 spiro atoms. The Morgan fingerprint density at radius 1 is 1.53 bits per heavy atom. The Balaban J connectivity index is 1.71. The molecule has 0 aliphatic carbocycles. The van der Waals surface area contributed by atoms with E-state index >= 15 is 0 Å². The Labute approximate surface area is 118 Å². The number of fused-ring (bicyclic) bond motifs is 1. The number of ether oxygens (including phenoxy) is 1. The van der Waals surface area contributed by atoms with Crippen molar-refractivity contribution >= 4 is 17.2 Å². The highest BCUT2D eigenvalue weighted by atomic mass is 32.1. The smallest absolute Gasteiger partial charge is 0.254 e. The number of hydrogen-bond donors (Lipinski definition) is 0. The summed E-state index contributed by atoms with van der Waals surface area (Å²) in [6.45, 7) is 6.64. The van der Waals surface area contributed by atoms with Crippen LogP contribution in [0.3, 0.4) is 0 Å². The molecule has 3 rings (SSSR count). The second-order valence-electron chi connectivity index (χ2n) is 5.16. The van der Waals surface area contributed by atoms with Crippen molar-refractivity contribution in [2.45, 2.75) is 25.5 Å². The highest BCUT2D eigenvalue weighted by Crippen LogP contribution is 2.24. The third-order valence-corrected chi connectivity index (χ3v) is 4.84. The first kappa shape index (κ1) is 13.1. The van der Waals surface area contributed by atoms with Gasteiger partial charge in [0.25, 0.3) is 5.91 Å². The number of thiophene rings is 1. The number of piperidine rings is 1. The van der Waals surface area contributed by atoms with Crippen LogP contribution in [0.4, 0.5) is 0 Å². The Morgan fingerprint density at radius 3 is 3.16 bits per heavy atom. The molecule has 2 atom stereocenters. The van der Waals surface area contributed by atoms with E-state index < -0.39 is 0 Å². The van der Waals surface area contributed by atoms with Crippen LogP contribution in [0.5, 0.6) is 0 Å². The minimum Gasteiger partial charge on any atom is -0.375 e. The van der Waals surface area contributed by atoms with E-state index in [0.29, 0.717) is 12.1 Å². The van der Waals surface area contributed by atoms with Gasteiger partial charge in [-0.2, -0.15) is 11.3 Å². The maximum atomic E-state index is 12.4. The van der Waals surface area contributed by atoms with Crippen LogP contribution in [-0.4, -0.2) is 60.6 Å². The lowest BCUT2D eigenvalue weighted by Gasteiger charge is -2.46. The van der Waals surface area contributed by atoms with Crippen LogP contribution in [0.2, 0.25) is 0 Å². The molecule has 0 N–H and O–H groups in total. The molecule has 0 unspecified atom stereocenters. The predicted molar refractivity (Wildman–Crippen MR) is 75.6 cm³/mol. The fourth-order valence-corrected chi connectivity index (χ4v) is 3.72. The van der Waals surface area contributed by atoms with Gasteiger partial charge in [0.2, 0.25) is 0 Å². The molecule has 19 heavy (non-hydrogen) atoms. The van der Waals surface area contributed by atoms with Gasteiger partial charge < -0.3 is 9.64 Å². The largest absolute Gasteiger partial charge is 0.375 e. The van der Waals surface area contributed by atoms with Gasteiger partial charge in [0.15, 0.2) is 0 Å². The minimum atomic E-state index is 0.168. The molecular weight excluding hydrogens is 260 g/mol. The number of nitrogens with zero attached hydrogens (tertiary/aromatic N) is 2. The molecule has 5 heteroatoms. The Hall–Kier alpha value is -0.910. The second kappa shape index (κ2) is 5.61. The molecule has 2 aliphatic heterocycles. The summed E-state index contributed by atoms with van der Waals surface area (Å²) >= 11 is 1.58. The number of amides is 1. The monoisotopic (exact) mass is 280 g/mol. The number of hydrogen-bond acceptors (Lipinski definition) is 4. The van der Waals surface area contributed by atoms with Crippen LogP contribution in [0, 0.1) is 0 Å². The third-order valence-electron chi connectivity index (χ3n) is 4.16. The van der Waals surface area contributed by atoms with E-state index in [9.17, 15) is 4.79 Å². The number of likely N-dealkylation sites (N-methyl/N-ethyl adjacent to an activating group) is 1. The van der Waals surface area contributed by atoms with Crippen molar-refractivity contribution in [2.75, 3.05) is 32.8 Å². The van der Waals surface area contributed by atoms with E-state index in [-0.39, 0.29) is 5.91 Å². The van der Waals surface area contributed by atoms with Crippen LogP contribution in [-0.2, 0) is 4.74 Å². The SMILES string of the molecule is CCN1CCO[C@H]2CCN(C(=O)c3ccsc3)C[C@@H]21. The maximum absolute atomic E-state index is 12.4. The number of carbonyl (C=O) groups is 1. The number of morpholine rings is 1. The average molecular weight is 280 g/mol. The number of rotatable bonds is 2. The van der Waals surface area contributed by atoms with Crippen molar-refractivity contribution in [3.05, 3.63) is 22.4 Å². The molecule has 2 aliphatic rings. The molecular formula is C14H20N2O2S. The van der Waals surface area contributed by atoms with Gasteiger partial charge >= 0.3 is 0 Å². The van der Waals surface area contributed by atoms with E-state index in [1.807, 2.05) is 21.7 Å². The van der Waals surface area contributed by atoms with Crippen molar-refractivity contribution in [1.82, 2.24) is 9.80 Å². The van der Waals surface area contributed by atoms with Gasteiger partial charge in [-0.1, -0.05) is 6.92 Å². The summed E-state index contributed by atoms with van der Waals surface area (Å²) in [4.78, 5) is 16.8. The van der Waals surface area contributed by atoms with Gasteiger partial charge in [-0.3, -0.25) is 9.69 Å². The number of carbonyl (C=O) groups excluding carboxylic acids is 1. The summed E-state index contributed by atoms with van der Waals surface area (Å²) in [6.07, 6.45) is 1.26. The molecule has 1 aromatic heterocycles. The zero-order chi connectivity index (χ0) is 13.2. The molecule has 1 amide bonds. The van der Waals surface area contributed by atoms with E-state index in [2.05, 4.69) is 11.8 Å². The van der Waals surface area contributed by atoms with Crippen molar-refractivity contribution in [3.8, 4) is 0 Å². The lowest BCUT2D eigenvalue weighted by Crippen LogP contribution is -2.60. The van der Waals surface area contributed by atoms with E-state index in [0.717, 1.165) is 44.8 Å². The molecule has 3 heterocycles. The van der Waals surface area contributed by atoms with Gasteiger partial charge in [0.05, 0.1) is 24.3 Å². The first-order valence-electron chi connectivity index (χ1n) is 6.96. The third kappa shape index (κ3) is 2.55. The van der Waals surface area contributed by atoms with Gasteiger partial charge in [0, 0.05) is 25.0 Å². The average Bonchev–Trinajstić information content (AvgIpc) is 2.99. The fourth-order valence-electron chi connectivity index (χ4n) is 3.09. The summed E-state index contributed by atoms with van der Waals surface area (Å²) in [5.74, 6) is 0.168. The zero-order valence-corrected chi connectivity index (χ0v) is 12.1. The summed E-state index contributed by atoms with van der Waals surface area (Å²) in [6, 6.07) is 2.28. The molecule has 2 saturated heterocycles. The van der Waals surface area contributed by atoms with Gasteiger partial charge in [-0.25, -0.2) is 0 Å². The summed E-state index contributed by atoms with van der Waals surface area (Å²) in [5, 5.41) is 3.89. The second-order valence-corrected chi connectivity index (χ2v) is 5.94. The van der Waals surface area contributed by atoms with E-state index in [1.54, 1.807) is 11.3 Å². The molecule has 0 radical (unpaired) electrons. The summed E-state index contributed by atoms with van der Waals surface area (Å²) in [5.41, 5.74) is 0.822. The normalized spacial score (nSPS) is 28.2. The molecule has 2 fully saturated rings. The van der Waals surface area contributed by atoms with Crippen LogP contribution in [0.1, 0.15) is 23.7 Å². The molecule has 0 saturated carbocycles. The van der Waals surface area contributed by atoms with Gasteiger partial charge in [-0.15, -0.1) is 0 Å². The molecule has 1 aromatic rings. The van der Waals surface area contributed by atoms with Crippen molar-refractivity contribution in [2.24, 2.45) is 0 Å². The quantitative estimate of drug-likeness (QED) is 0.826. The zero-order valence-electron chi connectivity index (χ0n) is 11.2.